The van der Waals surface area contributed by atoms with E-state index in [0.717, 1.165) is 17.8 Å². The predicted octanol–water partition coefficient (Wildman–Crippen LogP) is 2.07. The first-order chi connectivity index (χ1) is 9.02. The highest BCUT2D eigenvalue weighted by molar-refractivity contribution is 5.69. The average Bonchev–Trinajstić information content (AvgIpc) is 2.71. The van der Waals surface area contributed by atoms with Crippen molar-refractivity contribution in [3.63, 3.8) is 0 Å². The lowest BCUT2D eigenvalue weighted by atomic mass is 10.2. The molecule has 0 fully saturated rings. The van der Waals surface area contributed by atoms with E-state index in [-0.39, 0.29) is 0 Å². The molecule has 102 valence electrons. The Balaban J connectivity index is 2.42. The summed E-state index contributed by atoms with van der Waals surface area (Å²) in [5.41, 5.74) is 8.60. The van der Waals surface area contributed by atoms with Crippen LogP contribution in [0.2, 0.25) is 0 Å². The third-order valence-electron chi connectivity index (χ3n) is 3.07. The number of hydrogen-bond acceptors (Lipinski definition) is 5. The van der Waals surface area contributed by atoms with Crippen molar-refractivity contribution in [3.05, 3.63) is 23.8 Å². The SMILES string of the molecule is CCC(C)Nc1ncnc(-n2nc(C)cc2C)c1N. The van der Waals surface area contributed by atoms with E-state index in [1.54, 1.807) is 4.68 Å². The molecule has 3 N–H and O–H groups in total. The molecule has 0 saturated heterocycles. The Bertz CT molecular complexity index is 575. The highest BCUT2D eigenvalue weighted by Crippen LogP contribution is 2.23. The molecule has 2 aromatic rings. The molecule has 6 nitrogen and oxygen atoms in total. The molecule has 1 unspecified atom stereocenters. The van der Waals surface area contributed by atoms with Crippen molar-refractivity contribution in [3.8, 4) is 5.82 Å². The van der Waals surface area contributed by atoms with Gasteiger partial charge in [0, 0.05) is 11.7 Å². The summed E-state index contributed by atoms with van der Waals surface area (Å²) in [5, 5.41) is 7.68. The van der Waals surface area contributed by atoms with Gasteiger partial charge >= 0.3 is 0 Å². The van der Waals surface area contributed by atoms with E-state index in [4.69, 9.17) is 5.73 Å². The maximum Gasteiger partial charge on any atom is 0.182 e. The number of rotatable bonds is 4. The average molecular weight is 260 g/mol. The lowest BCUT2D eigenvalue weighted by Gasteiger charge is -2.15. The van der Waals surface area contributed by atoms with E-state index in [0.29, 0.717) is 23.4 Å². The fraction of sp³-hybridized carbons (Fsp3) is 0.462. The lowest BCUT2D eigenvalue weighted by molar-refractivity contribution is 0.755. The van der Waals surface area contributed by atoms with E-state index >= 15 is 0 Å². The summed E-state index contributed by atoms with van der Waals surface area (Å²) >= 11 is 0. The molecule has 0 spiro atoms. The van der Waals surface area contributed by atoms with Crippen LogP contribution in [-0.4, -0.2) is 25.8 Å². The zero-order chi connectivity index (χ0) is 14.0. The van der Waals surface area contributed by atoms with Crippen LogP contribution >= 0.6 is 0 Å². The molecular formula is C13H20N6. The van der Waals surface area contributed by atoms with E-state index in [9.17, 15) is 0 Å². The molecule has 0 bridgehead atoms. The van der Waals surface area contributed by atoms with Crippen LogP contribution in [0.1, 0.15) is 31.7 Å². The Morgan fingerprint density at radius 3 is 2.68 bits per heavy atom. The number of hydrogen-bond donors (Lipinski definition) is 2. The van der Waals surface area contributed by atoms with Crippen molar-refractivity contribution in [2.24, 2.45) is 0 Å². The third kappa shape index (κ3) is 2.67. The Morgan fingerprint density at radius 2 is 2.11 bits per heavy atom. The Hall–Kier alpha value is -2.11. The predicted molar refractivity (Wildman–Crippen MR) is 76.4 cm³/mol. The minimum Gasteiger partial charge on any atom is -0.393 e. The van der Waals surface area contributed by atoms with Gasteiger partial charge in [-0.3, -0.25) is 0 Å². The number of nitrogens with one attached hydrogen (secondary N) is 1. The largest absolute Gasteiger partial charge is 0.393 e. The van der Waals surface area contributed by atoms with Crippen molar-refractivity contribution in [2.45, 2.75) is 40.2 Å². The summed E-state index contributed by atoms with van der Waals surface area (Å²) < 4.78 is 1.74. The minimum absolute atomic E-state index is 0.311. The van der Waals surface area contributed by atoms with Gasteiger partial charge in [-0.05, 0) is 33.3 Å². The molecule has 0 amide bonds. The summed E-state index contributed by atoms with van der Waals surface area (Å²) in [5.74, 6) is 1.28. The molecule has 0 aromatic carbocycles. The van der Waals surface area contributed by atoms with Crippen molar-refractivity contribution in [1.29, 1.82) is 0 Å². The van der Waals surface area contributed by atoms with Gasteiger partial charge in [0.2, 0.25) is 0 Å². The van der Waals surface area contributed by atoms with Crippen LogP contribution in [0.5, 0.6) is 0 Å². The number of aryl methyl sites for hydroxylation is 2. The van der Waals surface area contributed by atoms with Crippen LogP contribution < -0.4 is 11.1 Å². The third-order valence-corrected chi connectivity index (χ3v) is 3.07. The zero-order valence-electron chi connectivity index (χ0n) is 11.8. The summed E-state index contributed by atoms with van der Waals surface area (Å²) in [6.45, 7) is 8.12. The number of anilines is 2. The highest BCUT2D eigenvalue weighted by Gasteiger charge is 2.13. The molecule has 0 aliphatic carbocycles. The lowest BCUT2D eigenvalue weighted by Crippen LogP contribution is -2.17. The summed E-state index contributed by atoms with van der Waals surface area (Å²) in [6.07, 6.45) is 2.51. The van der Waals surface area contributed by atoms with Crippen LogP contribution in [0.25, 0.3) is 5.82 Å². The molecule has 2 rings (SSSR count). The van der Waals surface area contributed by atoms with Gasteiger partial charge < -0.3 is 11.1 Å². The fourth-order valence-electron chi connectivity index (χ4n) is 1.85. The number of aromatic nitrogens is 4. The maximum atomic E-state index is 6.15. The molecule has 1 atom stereocenters. The molecule has 0 radical (unpaired) electrons. The quantitative estimate of drug-likeness (QED) is 0.879. The minimum atomic E-state index is 0.311. The molecule has 6 heteroatoms. The molecular weight excluding hydrogens is 240 g/mol. The summed E-state index contributed by atoms with van der Waals surface area (Å²) in [6, 6.07) is 2.30. The van der Waals surface area contributed by atoms with Gasteiger partial charge in [-0.15, -0.1) is 0 Å². The Kier molecular flexibility index (Phi) is 3.69. The zero-order valence-corrected chi connectivity index (χ0v) is 11.8. The highest BCUT2D eigenvalue weighted by atomic mass is 15.3. The molecule has 19 heavy (non-hydrogen) atoms. The monoisotopic (exact) mass is 260 g/mol. The second kappa shape index (κ2) is 5.26. The van der Waals surface area contributed by atoms with Gasteiger partial charge in [-0.2, -0.15) is 5.10 Å². The van der Waals surface area contributed by atoms with Crippen molar-refractivity contribution >= 4 is 11.5 Å². The Labute approximate surface area is 113 Å². The van der Waals surface area contributed by atoms with Crippen LogP contribution in [0.15, 0.2) is 12.4 Å². The molecule has 0 aliphatic heterocycles. The molecule has 0 saturated carbocycles. The topological polar surface area (TPSA) is 81.7 Å². The fourth-order valence-corrected chi connectivity index (χ4v) is 1.85. The number of nitrogens with two attached hydrogens (primary N) is 1. The first kappa shape index (κ1) is 13.3. The smallest absolute Gasteiger partial charge is 0.182 e. The van der Waals surface area contributed by atoms with Crippen LogP contribution in [-0.2, 0) is 0 Å². The Morgan fingerprint density at radius 1 is 1.37 bits per heavy atom. The molecule has 2 aromatic heterocycles. The van der Waals surface area contributed by atoms with Crippen LogP contribution in [0.3, 0.4) is 0 Å². The first-order valence-electron chi connectivity index (χ1n) is 6.43. The number of nitrogen functional groups attached to an aromatic ring is 1. The van der Waals surface area contributed by atoms with E-state index < -0.39 is 0 Å². The van der Waals surface area contributed by atoms with Gasteiger partial charge in [0.05, 0.1) is 5.69 Å². The second-order valence-corrected chi connectivity index (χ2v) is 4.75. The van der Waals surface area contributed by atoms with E-state index in [2.05, 4.69) is 34.2 Å². The van der Waals surface area contributed by atoms with E-state index in [1.807, 2.05) is 19.9 Å². The molecule has 2 heterocycles. The van der Waals surface area contributed by atoms with Crippen molar-refractivity contribution in [1.82, 2.24) is 19.7 Å². The van der Waals surface area contributed by atoms with Gasteiger partial charge in [0.25, 0.3) is 0 Å². The standard InChI is InChI=1S/C13H20N6/c1-5-8(2)17-12-11(14)13(16-7-15-12)19-10(4)6-9(3)18-19/h6-8H,5,14H2,1-4H3,(H,15,16,17). The normalized spacial score (nSPS) is 12.4. The van der Waals surface area contributed by atoms with Gasteiger partial charge in [-0.1, -0.05) is 6.92 Å². The van der Waals surface area contributed by atoms with Gasteiger partial charge in [0.1, 0.15) is 12.0 Å². The van der Waals surface area contributed by atoms with Crippen LogP contribution in [0.4, 0.5) is 11.5 Å². The van der Waals surface area contributed by atoms with Crippen molar-refractivity contribution in [2.75, 3.05) is 11.1 Å². The maximum absolute atomic E-state index is 6.15. The second-order valence-electron chi connectivity index (χ2n) is 4.75. The van der Waals surface area contributed by atoms with Gasteiger partial charge in [-0.25, -0.2) is 14.6 Å². The van der Waals surface area contributed by atoms with Crippen molar-refractivity contribution < 1.29 is 0 Å². The first-order valence-corrected chi connectivity index (χ1v) is 6.43. The molecule has 0 aliphatic rings. The number of nitrogens with zero attached hydrogens (tertiary/aromatic N) is 4. The van der Waals surface area contributed by atoms with Crippen LogP contribution in [0, 0.1) is 13.8 Å². The summed E-state index contributed by atoms with van der Waals surface area (Å²) in [7, 11) is 0. The van der Waals surface area contributed by atoms with Gasteiger partial charge in [0.15, 0.2) is 11.6 Å². The van der Waals surface area contributed by atoms with E-state index in [1.165, 1.54) is 6.33 Å². The summed E-state index contributed by atoms with van der Waals surface area (Å²) in [4.78, 5) is 8.44.